The monoisotopic (exact) mass is 1110 g/mol. The first-order chi connectivity index (χ1) is 39.7. The number of unbranched alkanes of at least 4 members (excludes halogenated alkanes) is 4. The fourth-order valence-corrected chi connectivity index (χ4v) is 15.5. The van der Waals surface area contributed by atoms with Gasteiger partial charge in [-0.15, -0.1) is 0 Å². The Kier molecular flexibility index (Phi) is 27.5. The summed E-state index contributed by atoms with van der Waals surface area (Å²) >= 11 is 0. The van der Waals surface area contributed by atoms with Crippen LogP contribution in [0.1, 0.15) is 149 Å². The summed E-state index contributed by atoms with van der Waals surface area (Å²) in [5.41, 5.74) is 7.77. The summed E-state index contributed by atoms with van der Waals surface area (Å²) in [4.78, 5) is 0. The summed E-state index contributed by atoms with van der Waals surface area (Å²) in [6.07, 6.45) is 39.6. The highest BCUT2D eigenvalue weighted by atomic mass is 31.1. The number of fused-ring (bicyclic) bond motifs is 4. The lowest BCUT2D eigenvalue weighted by Gasteiger charge is -2.23. The normalized spacial score (nSPS) is 16.9. The quantitative estimate of drug-likeness (QED) is 0.0547. The van der Waals surface area contributed by atoms with Gasteiger partial charge >= 0.3 is 0 Å². The third-order valence-corrected chi connectivity index (χ3v) is 19.6. The molecule has 6 aromatic carbocycles. The summed E-state index contributed by atoms with van der Waals surface area (Å²) in [5, 5.41) is 0. The molecule has 0 fully saturated rings. The van der Waals surface area contributed by atoms with Crippen LogP contribution in [-0.4, -0.2) is 39.6 Å². The number of benzene rings is 6. The second-order valence-electron chi connectivity index (χ2n) is 21.4. The highest BCUT2D eigenvalue weighted by Gasteiger charge is 2.21. The van der Waals surface area contributed by atoms with E-state index in [2.05, 4.69) is 182 Å². The molecule has 0 saturated carbocycles. The Balaban J connectivity index is 0.796. The van der Waals surface area contributed by atoms with Crippen molar-refractivity contribution in [1.82, 2.24) is 0 Å². The molecule has 2 heterocycles. The van der Waals surface area contributed by atoms with Gasteiger partial charge in [0.25, 0.3) is 0 Å². The van der Waals surface area contributed by atoms with Crippen molar-refractivity contribution in [2.75, 3.05) is 39.6 Å². The molecule has 0 unspecified atom stereocenters. The molecule has 8 rings (SSSR count). The molecule has 0 aliphatic carbocycles. The van der Waals surface area contributed by atoms with Gasteiger partial charge in [0, 0.05) is 0 Å². The minimum atomic E-state index is -0.520. The van der Waals surface area contributed by atoms with Gasteiger partial charge in [0.05, 0.1) is 39.6 Å². The molecule has 424 valence electrons. The molecular formula is C72H90O6P2. The van der Waals surface area contributed by atoms with Crippen molar-refractivity contribution in [1.29, 1.82) is 0 Å². The molecule has 2 aliphatic heterocycles. The van der Waals surface area contributed by atoms with Crippen molar-refractivity contribution in [3.05, 3.63) is 215 Å². The van der Waals surface area contributed by atoms with Crippen LogP contribution in [0.5, 0.6) is 34.5 Å². The Labute approximate surface area is 483 Å². The van der Waals surface area contributed by atoms with Gasteiger partial charge in [-0.2, -0.15) is 0 Å². The molecular weight excluding hydrogens is 1020 g/mol. The standard InChI is InChI=1S/C72H90O6P2/c1-2-8-14-32-50-74-68-44-26-20-38-62(68)56-79(55-61-37-19-25-43-67(61)73-49-31-13-7-1)59-65-41-23-29-47-71(65)77-53-35-17-11-5-6-12-18-36-54-78-72-48-30-24-42-66(72)60-80-57-63-39-21-27-45-69(63)75-51-33-15-9-3-4-10-16-34-52-76-70-46-28-22-40-64(70)58-80/h1-6,19-30,37-48H,7-18,31-36,49-60H2/b2-1+,4-3+,6-5+. The van der Waals surface area contributed by atoms with Crippen LogP contribution in [0.15, 0.2) is 182 Å². The van der Waals surface area contributed by atoms with Crippen molar-refractivity contribution in [2.24, 2.45) is 0 Å². The molecule has 0 radical (unpaired) electrons. The number of ether oxygens (including phenoxy) is 6. The predicted octanol–water partition coefficient (Wildman–Crippen LogP) is 20.1. The topological polar surface area (TPSA) is 55.4 Å². The molecule has 2 aliphatic rings. The highest BCUT2D eigenvalue weighted by molar-refractivity contribution is 7.55. The lowest BCUT2D eigenvalue weighted by Crippen LogP contribution is -2.04. The summed E-state index contributed by atoms with van der Waals surface area (Å²) in [6, 6.07) is 52.2. The Morgan fingerprint density at radius 1 is 0.338 bits per heavy atom. The fourth-order valence-electron chi connectivity index (χ4n) is 10.4. The zero-order chi connectivity index (χ0) is 54.8. The highest BCUT2D eigenvalue weighted by Crippen LogP contribution is 2.52. The molecule has 0 bridgehead atoms. The maximum absolute atomic E-state index is 6.59. The molecule has 0 saturated heterocycles. The number of hydrogen-bond acceptors (Lipinski definition) is 6. The molecule has 0 spiro atoms. The van der Waals surface area contributed by atoms with Gasteiger partial charge < -0.3 is 28.4 Å². The lowest BCUT2D eigenvalue weighted by molar-refractivity contribution is 0.304. The Bertz CT molecular complexity index is 2460. The second-order valence-corrected chi connectivity index (χ2v) is 26.0. The van der Waals surface area contributed by atoms with Crippen LogP contribution < -0.4 is 28.4 Å². The maximum atomic E-state index is 6.59. The molecule has 0 aromatic heterocycles. The molecule has 6 aromatic rings. The van der Waals surface area contributed by atoms with Gasteiger partial charge in [0.15, 0.2) is 0 Å². The number of hydrogen-bond donors (Lipinski definition) is 0. The smallest absolute Gasteiger partial charge is 0.122 e. The molecule has 0 atom stereocenters. The van der Waals surface area contributed by atoms with E-state index < -0.39 is 15.8 Å². The van der Waals surface area contributed by atoms with E-state index in [1.165, 1.54) is 33.4 Å². The Morgan fingerprint density at radius 2 is 0.637 bits per heavy atom. The number of rotatable bonds is 16. The van der Waals surface area contributed by atoms with E-state index in [1.807, 2.05) is 0 Å². The lowest BCUT2D eigenvalue weighted by atomic mass is 10.2. The summed E-state index contributed by atoms with van der Waals surface area (Å²) < 4.78 is 39.1. The van der Waals surface area contributed by atoms with Gasteiger partial charge in [0.2, 0.25) is 0 Å². The first-order valence-electron chi connectivity index (χ1n) is 30.4. The van der Waals surface area contributed by atoms with Crippen molar-refractivity contribution >= 4 is 15.8 Å². The zero-order valence-corrected chi connectivity index (χ0v) is 49.7. The molecule has 6 nitrogen and oxygen atoms in total. The van der Waals surface area contributed by atoms with E-state index in [9.17, 15) is 0 Å². The van der Waals surface area contributed by atoms with Crippen LogP contribution in [0, 0.1) is 0 Å². The van der Waals surface area contributed by atoms with Gasteiger partial charge in [-0.25, -0.2) is 0 Å². The number of para-hydroxylation sites is 6. The van der Waals surface area contributed by atoms with Crippen LogP contribution in [0.3, 0.4) is 0 Å². The van der Waals surface area contributed by atoms with Crippen molar-refractivity contribution in [3.8, 4) is 34.5 Å². The summed E-state index contributed by atoms with van der Waals surface area (Å²) in [5.74, 6) is 6.14. The first-order valence-corrected chi connectivity index (χ1v) is 34.2. The average Bonchev–Trinajstić information content (AvgIpc) is 3.53. The molecule has 80 heavy (non-hydrogen) atoms. The van der Waals surface area contributed by atoms with Gasteiger partial charge in [-0.3, -0.25) is 0 Å². The van der Waals surface area contributed by atoms with Crippen LogP contribution >= 0.6 is 15.8 Å². The van der Waals surface area contributed by atoms with E-state index >= 15 is 0 Å². The van der Waals surface area contributed by atoms with E-state index in [4.69, 9.17) is 28.4 Å². The minimum Gasteiger partial charge on any atom is -0.493 e. The van der Waals surface area contributed by atoms with Crippen LogP contribution in [-0.2, 0) is 37.0 Å². The zero-order valence-electron chi connectivity index (χ0n) is 47.9. The molecule has 8 heteroatoms. The Morgan fingerprint density at radius 3 is 0.975 bits per heavy atom. The van der Waals surface area contributed by atoms with E-state index in [0.29, 0.717) is 13.2 Å². The minimum absolute atomic E-state index is 0.520. The van der Waals surface area contributed by atoms with Gasteiger partial charge in [-0.1, -0.05) is 161 Å². The number of allylic oxidation sites excluding steroid dienone is 6. The second kappa shape index (κ2) is 36.5. The van der Waals surface area contributed by atoms with Crippen molar-refractivity contribution in [2.45, 2.75) is 153 Å². The molecule has 0 N–H and O–H groups in total. The third kappa shape index (κ3) is 21.9. The predicted molar refractivity (Wildman–Crippen MR) is 338 cm³/mol. The molecule has 0 amide bonds. The van der Waals surface area contributed by atoms with Crippen molar-refractivity contribution in [3.63, 3.8) is 0 Å². The fraction of sp³-hybridized carbons (Fsp3) is 0.417. The van der Waals surface area contributed by atoms with E-state index in [-0.39, 0.29) is 0 Å². The summed E-state index contributed by atoms with van der Waals surface area (Å²) in [6.45, 7) is 4.43. The largest absolute Gasteiger partial charge is 0.493 e. The summed E-state index contributed by atoms with van der Waals surface area (Å²) in [7, 11) is -1.04. The van der Waals surface area contributed by atoms with Gasteiger partial charge in [-0.05, 0) is 222 Å². The van der Waals surface area contributed by atoms with E-state index in [1.54, 1.807) is 0 Å². The Hall–Kier alpha value is -5.80. The average molecular weight is 1110 g/mol. The van der Waals surface area contributed by atoms with Crippen LogP contribution in [0.2, 0.25) is 0 Å². The maximum Gasteiger partial charge on any atom is 0.122 e. The first kappa shape index (κ1) is 60.3. The SMILES string of the molecule is C(=C\CCCCOc1ccccc1CP1Cc2ccccc2OCCCC/C=C/CCCCOc2ccccc2C1)/CCCCOc1ccccc1CP1Cc2ccccc2OCCCC/C=C/CCCCOc2ccccc2C1. The van der Waals surface area contributed by atoms with Crippen molar-refractivity contribution < 1.29 is 28.4 Å². The van der Waals surface area contributed by atoms with Crippen LogP contribution in [0.4, 0.5) is 0 Å². The van der Waals surface area contributed by atoms with Crippen LogP contribution in [0.25, 0.3) is 0 Å². The van der Waals surface area contributed by atoms with E-state index in [0.717, 1.165) is 213 Å². The third-order valence-electron chi connectivity index (χ3n) is 14.8. The van der Waals surface area contributed by atoms with Gasteiger partial charge in [0.1, 0.15) is 34.5 Å².